The Morgan fingerprint density at radius 2 is 2.20 bits per heavy atom. The SMILES string of the molecule is Cc1c(Cl)cccc1S(=O)(=O)NCC1CCCN(C)C1. The van der Waals surface area contributed by atoms with Gasteiger partial charge in [-0.05, 0) is 57.0 Å². The first-order chi connectivity index (χ1) is 9.40. The number of piperidine rings is 1. The summed E-state index contributed by atoms with van der Waals surface area (Å²) < 4.78 is 27.4. The van der Waals surface area contributed by atoms with Crippen LogP contribution < -0.4 is 4.72 Å². The number of hydrogen-bond donors (Lipinski definition) is 1. The highest BCUT2D eigenvalue weighted by molar-refractivity contribution is 7.89. The first-order valence-corrected chi connectivity index (χ1v) is 8.69. The van der Waals surface area contributed by atoms with E-state index in [1.54, 1.807) is 25.1 Å². The van der Waals surface area contributed by atoms with E-state index in [1.165, 1.54) is 0 Å². The summed E-state index contributed by atoms with van der Waals surface area (Å²) in [5.74, 6) is 0.378. The molecule has 1 heterocycles. The summed E-state index contributed by atoms with van der Waals surface area (Å²) in [4.78, 5) is 2.52. The van der Waals surface area contributed by atoms with Crippen LogP contribution in [0.1, 0.15) is 18.4 Å². The van der Waals surface area contributed by atoms with Gasteiger partial charge in [-0.2, -0.15) is 0 Å². The van der Waals surface area contributed by atoms with E-state index in [2.05, 4.69) is 16.7 Å². The minimum Gasteiger partial charge on any atom is -0.306 e. The summed E-state index contributed by atoms with van der Waals surface area (Å²) in [7, 11) is -1.41. The topological polar surface area (TPSA) is 49.4 Å². The fraction of sp³-hybridized carbons (Fsp3) is 0.571. The van der Waals surface area contributed by atoms with Crippen molar-refractivity contribution >= 4 is 21.6 Å². The molecule has 0 aliphatic carbocycles. The van der Waals surface area contributed by atoms with Crippen molar-refractivity contribution in [3.05, 3.63) is 28.8 Å². The standard InChI is InChI=1S/C14H21ClN2O2S/c1-11-13(15)6-3-7-14(11)20(18,19)16-9-12-5-4-8-17(2)10-12/h3,6-7,12,16H,4-5,8-10H2,1-2H3. The normalized spacial score (nSPS) is 21.1. The third-order valence-electron chi connectivity index (χ3n) is 3.79. The molecule has 0 bridgehead atoms. The molecule has 0 amide bonds. The lowest BCUT2D eigenvalue weighted by atomic mass is 9.99. The van der Waals surface area contributed by atoms with Gasteiger partial charge in [0.05, 0.1) is 4.90 Å². The third-order valence-corrected chi connectivity index (χ3v) is 5.77. The van der Waals surface area contributed by atoms with Crippen molar-refractivity contribution in [1.29, 1.82) is 0 Å². The first kappa shape index (κ1) is 15.8. The molecule has 1 fully saturated rings. The Labute approximate surface area is 126 Å². The van der Waals surface area contributed by atoms with Gasteiger partial charge in [0.2, 0.25) is 10.0 Å². The van der Waals surface area contributed by atoms with Gasteiger partial charge in [-0.3, -0.25) is 0 Å². The van der Waals surface area contributed by atoms with Crippen LogP contribution in [0.4, 0.5) is 0 Å². The van der Waals surface area contributed by atoms with Gasteiger partial charge in [0.1, 0.15) is 0 Å². The van der Waals surface area contributed by atoms with Gasteiger partial charge in [0.25, 0.3) is 0 Å². The lowest BCUT2D eigenvalue weighted by molar-refractivity contribution is 0.211. The number of likely N-dealkylation sites (tertiary alicyclic amines) is 1. The van der Waals surface area contributed by atoms with Gasteiger partial charge in [-0.15, -0.1) is 0 Å². The molecule has 1 unspecified atom stereocenters. The fourth-order valence-corrected chi connectivity index (χ4v) is 4.24. The van der Waals surface area contributed by atoms with E-state index in [0.29, 0.717) is 23.0 Å². The number of rotatable bonds is 4. The number of nitrogens with zero attached hydrogens (tertiary/aromatic N) is 1. The number of halogens is 1. The largest absolute Gasteiger partial charge is 0.306 e. The average molecular weight is 317 g/mol. The fourth-order valence-electron chi connectivity index (χ4n) is 2.62. The zero-order valence-corrected chi connectivity index (χ0v) is 13.5. The van der Waals surface area contributed by atoms with Crippen molar-refractivity contribution in [2.24, 2.45) is 5.92 Å². The number of hydrogen-bond acceptors (Lipinski definition) is 3. The Bertz CT molecular complexity index is 575. The molecule has 0 spiro atoms. The molecule has 0 saturated carbocycles. The highest BCUT2D eigenvalue weighted by Gasteiger charge is 2.22. The van der Waals surface area contributed by atoms with Gasteiger partial charge >= 0.3 is 0 Å². The molecule has 0 aromatic heterocycles. The second-order valence-corrected chi connectivity index (χ2v) is 7.63. The van der Waals surface area contributed by atoms with E-state index in [0.717, 1.165) is 25.9 Å². The van der Waals surface area contributed by atoms with Gasteiger partial charge < -0.3 is 4.90 Å². The van der Waals surface area contributed by atoms with Gasteiger partial charge in [-0.1, -0.05) is 17.7 Å². The molecule has 1 saturated heterocycles. The first-order valence-electron chi connectivity index (χ1n) is 6.83. The van der Waals surface area contributed by atoms with E-state index in [1.807, 2.05) is 0 Å². The number of nitrogens with one attached hydrogen (secondary N) is 1. The molecule has 1 aliphatic rings. The highest BCUT2D eigenvalue weighted by atomic mass is 35.5. The maximum atomic E-state index is 12.3. The Kier molecular flexibility index (Phi) is 5.07. The van der Waals surface area contributed by atoms with Crippen LogP contribution in [0.15, 0.2) is 23.1 Å². The van der Waals surface area contributed by atoms with E-state index in [9.17, 15) is 8.42 Å². The molecule has 1 N–H and O–H groups in total. The van der Waals surface area contributed by atoms with Crippen LogP contribution in [-0.4, -0.2) is 40.0 Å². The van der Waals surface area contributed by atoms with Gasteiger partial charge in [0.15, 0.2) is 0 Å². The molecule has 1 aromatic carbocycles. The third kappa shape index (κ3) is 3.73. The zero-order chi connectivity index (χ0) is 14.8. The van der Waals surface area contributed by atoms with Gasteiger partial charge in [0, 0.05) is 18.1 Å². The Morgan fingerprint density at radius 3 is 2.90 bits per heavy atom. The summed E-state index contributed by atoms with van der Waals surface area (Å²) in [6.07, 6.45) is 2.19. The molecule has 1 aliphatic heterocycles. The van der Waals surface area contributed by atoms with Crippen LogP contribution in [0.3, 0.4) is 0 Å². The quantitative estimate of drug-likeness (QED) is 0.927. The predicted molar refractivity (Wildman–Crippen MR) is 81.6 cm³/mol. The van der Waals surface area contributed by atoms with Crippen molar-refractivity contribution in [2.45, 2.75) is 24.7 Å². The molecular formula is C14H21ClN2O2S. The molecule has 20 heavy (non-hydrogen) atoms. The van der Waals surface area contributed by atoms with Crippen molar-refractivity contribution in [3.63, 3.8) is 0 Å². The molecule has 6 heteroatoms. The Hall–Kier alpha value is -0.620. The second kappa shape index (κ2) is 6.43. The van der Waals surface area contributed by atoms with E-state index < -0.39 is 10.0 Å². The van der Waals surface area contributed by atoms with Crippen molar-refractivity contribution in [3.8, 4) is 0 Å². The maximum absolute atomic E-state index is 12.3. The maximum Gasteiger partial charge on any atom is 0.240 e. The Balaban J connectivity index is 2.06. The number of benzene rings is 1. The molecule has 2 rings (SSSR count). The minimum absolute atomic E-state index is 0.272. The second-order valence-electron chi connectivity index (χ2n) is 5.49. The minimum atomic E-state index is -3.48. The highest BCUT2D eigenvalue weighted by Crippen LogP contribution is 2.23. The molecule has 4 nitrogen and oxygen atoms in total. The monoisotopic (exact) mass is 316 g/mol. The van der Waals surface area contributed by atoms with Crippen LogP contribution in [0, 0.1) is 12.8 Å². The van der Waals surface area contributed by atoms with E-state index in [4.69, 9.17) is 11.6 Å². The van der Waals surface area contributed by atoms with Crippen LogP contribution in [0.25, 0.3) is 0 Å². The van der Waals surface area contributed by atoms with Crippen LogP contribution in [0.2, 0.25) is 5.02 Å². The summed E-state index contributed by atoms with van der Waals surface area (Å²) in [6.45, 7) is 4.25. The summed E-state index contributed by atoms with van der Waals surface area (Å²) in [5.41, 5.74) is 0.599. The lowest BCUT2D eigenvalue weighted by Gasteiger charge is -2.29. The molecule has 1 aromatic rings. The molecule has 0 radical (unpaired) electrons. The van der Waals surface area contributed by atoms with E-state index >= 15 is 0 Å². The van der Waals surface area contributed by atoms with Crippen molar-refractivity contribution in [1.82, 2.24) is 9.62 Å². The van der Waals surface area contributed by atoms with Crippen LogP contribution in [-0.2, 0) is 10.0 Å². The summed E-state index contributed by atoms with van der Waals surface area (Å²) in [5, 5.41) is 0.477. The Morgan fingerprint density at radius 1 is 1.45 bits per heavy atom. The van der Waals surface area contributed by atoms with Crippen molar-refractivity contribution in [2.75, 3.05) is 26.7 Å². The average Bonchev–Trinajstić information content (AvgIpc) is 2.40. The summed E-state index contributed by atoms with van der Waals surface area (Å²) >= 11 is 5.99. The van der Waals surface area contributed by atoms with Crippen LogP contribution in [0.5, 0.6) is 0 Å². The predicted octanol–water partition coefficient (Wildman–Crippen LogP) is 2.27. The lowest BCUT2D eigenvalue weighted by Crippen LogP contribution is -2.39. The van der Waals surface area contributed by atoms with Crippen LogP contribution >= 0.6 is 11.6 Å². The van der Waals surface area contributed by atoms with Crippen molar-refractivity contribution < 1.29 is 8.42 Å². The molecule has 1 atom stereocenters. The molecule has 112 valence electrons. The van der Waals surface area contributed by atoms with E-state index in [-0.39, 0.29) is 4.90 Å². The summed E-state index contributed by atoms with van der Waals surface area (Å²) in [6, 6.07) is 4.96. The smallest absolute Gasteiger partial charge is 0.240 e. The number of sulfonamides is 1. The molecular weight excluding hydrogens is 296 g/mol. The van der Waals surface area contributed by atoms with Gasteiger partial charge in [-0.25, -0.2) is 13.1 Å². The zero-order valence-electron chi connectivity index (χ0n) is 11.9.